The Labute approximate surface area is 138 Å². The zero-order chi connectivity index (χ0) is 16.7. The molecular weight excluding hydrogens is 304 g/mol. The van der Waals surface area contributed by atoms with Gasteiger partial charge >= 0.3 is 5.97 Å². The molecule has 2 aromatic carbocycles. The molecule has 1 N–H and O–H groups in total. The number of ether oxygens (including phenoxy) is 1. The fourth-order valence-corrected chi connectivity index (χ4v) is 3.08. The fraction of sp³-hybridized carbons (Fsp3) is 0.167. The second-order valence-corrected chi connectivity index (χ2v) is 5.55. The molecule has 0 saturated carbocycles. The van der Waals surface area contributed by atoms with Gasteiger partial charge in [-0.15, -0.1) is 5.10 Å². The molecular formula is C18H16N4O2. The maximum Gasteiger partial charge on any atom is 0.361 e. The Morgan fingerprint density at radius 1 is 1.12 bits per heavy atom. The lowest BCUT2D eigenvalue weighted by Crippen LogP contribution is -2.06. The molecule has 0 saturated heterocycles. The summed E-state index contributed by atoms with van der Waals surface area (Å²) < 4.78 is 7.18. The van der Waals surface area contributed by atoms with Gasteiger partial charge in [-0.05, 0) is 19.1 Å². The first-order valence-corrected chi connectivity index (χ1v) is 7.76. The number of para-hydroxylation sites is 1. The lowest BCUT2D eigenvalue weighted by molar-refractivity contribution is 0.0520. The molecule has 120 valence electrons. The highest BCUT2D eigenvalue weighted by Crippen LogP contribution is 2.31. The van der Waals surface area contributed by atoms with Crippen LogP contribution < -0.4 is 0 Å². The van der Waals surface area contributed by atoms with Crippen LogP contribution in [0.2, 0.25) is 0 Å². The van der Waals surface area contributed by atoms with Crippen molar-refractivity contribution >= 4 is 27.8 Å². The first kappa shape index (κ1) is 14.4. The van der Waals surface area contributed by atoms with Crippen molar-refractivity contribution in [3.63, 3.8) is 0 Å². The number of hydrogen-bond acceptors (Lipinski definition) is 4. The molecule has 0 atom stereocenters. The maximum atomic E-state index is 12.0. The van der Waals surface area contributed by atoms with Crippen LogP contribution in [0.15, 0.2) is 42.5 Å². The van der Waals surface area contributed by atoms with Crippen LogP contribution in [0.25, 0.3) is 33.1 Å². The van der Waals surface area contributed by atoms with Gasteiger partial charge in [0.25, 0.3) is 0 Å². The van der Waals surface area contributed by atoms with Crippen molar-refractivity contribution in [2.24, 2.45) is 7.05 Å². The normalized spacial score (nSPS) is 11.2. The van der Waals surface area contributed by atoms with E-state index in [4.69, 9.17) is 4.74 Å². The van der Waals surface area contributed by atoms with Crippen molar-refractivity contribution in [2.45, 2.75) is 6.92 Å². The Morgan fingerprint density at radius 3 is 2.75 bits per heavy atom. The van der Waals surface area contributed by atoms with Crippen LogP contribution in [0.4, 0.5) is 0 Å². The number of carbonyl (C=O) groups is 1. The third kappa shape index (κ3) is 2.07. The first-order valence-electron chi connectivity index (χ1n) is 7.76. The van der Waals surface area contributed by atoms with Gasteiger partial charge in [-0.25, -0.2) is 4.79 Å². The van der Waals surface area contributed by atoms with Crippen LogP contribution in [0.3, 0.4) is 0 Å². The predicted molar refractivity (Wildman–Crippen MR) is 91.8 cm³/mol. The van der Waals surface area contributed by atoms with E-state index in [1.54, 1.807) is 6.92 Å². The van der Waals surface area contributed by atoms with Gasteiger partial charge in [-0.2, -0.15) is 10.3 Å². The number of esters is 1. The summed E-state index contributed by atoms with van der Waals surface area (Å²) in [5.74, 6) is -0.474. The van der Waals surface area contributed by atoms with E-state index in [1.807, 2.05) is 31.3 Å². The quantitative estimate of drug-likeness (QED) is 0.588. The number of benzene rings is 2. The van der Waals surface area contributed by atoms with Crippen molar-refractivity contribution in [3.05, 3.63) is 48.2 Å². The van der Waals surface area contributed by atoms with Crippen LogP contribution in [-0.2, 0) is 11.8 Å². The SMILES string of the molecule is CCOC(=O)c1n[nH]nc1-c1ccc2c3ccccc3n(C)c2c1. The second kappa shape index (κ2) is 5.49. The van der Waals surface area contributed by atoms with Crippen molar-refractivity contribution in [1.82, 2.24) is 20.0 Å². The number of aryl methyl sites for hydroxylation is 1. The third-order valence-corrected chi connectivity index (χ3v) is 4.20. The summed E-state index contributed by atoms with van der Waals surface area (Å²) in [6, 6.07) is 14.3. The standard InChI is InChI=1S/C18H16N4O2/c1-3-24-18(23)17-16(19-21-20-17)11-8-9-13-12-6-4-5-7-14(12)22(2)15(13)10-11/h4-10H,3H2,1-2H3,(H,19,20,21). The van der Waals surface area contributed by atoms with E-state index in [2.05, 4.69) is 38.2 Å². The van der Waals surface area contributed by atoms with Gasteiger partial charge in [-0.3, -0.25) is 0 Å². The van der Waals surface area contributed by atoms with Crippen molar-refractivity contribution in [3.8, 4) is 11.3 Å². The van der Waals surface area contributed by atoms with E-state index < -0.39 is 5.97 Å². The number of rotatable bonds is 3. The molecule has 0 amide bonds. The molecule has 6 nitrogen and oxygen atoms in total. The summed E-state index contributed by atoms with van der Waals surface area (Å²) in [5.41, 5.74) is 3.77. The maximum absolute atomic E-state index is 12.0. The van der Waals surface area contributed by atoms with E-state index in [-0.39, 0.29) is 5.69 Å². The topological polar surface area (TPSA) is 72.8 Å². The Kier molecular flexibility index (Phi) is 3.30. The number of fused-ring (bicyclic) bond motifs is 3. The Hall–Kier alpha value is -3.15. The van der Waals surface area contributed by atoms with Gasteiger partial charge in [-0.1, -0.05) is 30.3 Å². The fourth-order valence-electron chi connectivity index (χ4n) is 3.08. The van der Waals surface area contributed by atoms with Crippen molar-refractivity contribution in [2.75, 3.05) is 6.61 Å². The minimum atomic E-state index is -0.474. The van der Waals surface area contributed by atoms with E-state index in [0.29, 0.717) is 12.3 Å². The van der Waals surface area contributed by atoms with Crippen LogP contribution in [0.1, 0.15) is 17.4 Å². The highest BCUT2D eigenvalue weighted by atomic mass is 16.5. The summed E-state index contributed by atoms with van der Waals surface area (Å²) in [6.07, 6.45) is 0. The largest absolute Gasteiger partial charge is 0.461 e. The number of nitrogens with zero attached hydrogens (tertiary/aromatic N) is 3. The second-order valence-electron chi connectivity index (χ2n) is 5.55. The summed E-state index contributed by atoms with van der Waals surface area (Å²) in [6.45, 7) is 2.06. The zero-order valence-electron chi connectivity index (χ0n) is 13.4. The van der Waals surface area contributed by atoms with Gasteiger partial charge < -0.3 is 9.30 Å². The third-order valence-electron chi connectivity index (χ3n) is 4.20. The van der Waals surface area contributed by atoms with Crippen LogP contribution in [0.5, 0.6) is 0 Å². The number of aromatic amines is 1. The van der Waals surface area contributed by atoms with Gasteiger partial charge in [0.15, 0.2) is 5.69 Å². The Morgan fingerprint density at radius 2 is 1.92 bits per heavy atom. The summed E-state index contributed by atoms with van der Waals surface area (Å²) in [7, 11) is 2.03. The number of carbonyl (C=O) groups excluding carboxylic acids is 1. The highest BCUT2D eigenvalue weighted by Gasteiger charge is 2.20. The Bertz CT molecular complexity index is 1060. The molecule has 0 fully saturated rings. The minimum absolute atomic E-state index is 0.204. The lowest BCUT2D eigenvalue weighted by Gasteiger charge is -2.03. The number of nitrogens with one attached hydrogen (secondary N) is 1. The molecule has 2 heterocycles. The number of aromatic nitrogens is 4. The van der Waals surface area contributed by atoms with Crippen LogP contribution >= 0.6 is 0 Å². The van der Waals surface area contributed by atoms with Gasteiger partial charge in [0.1, 0.15) is 5.69 Å². The molecule has 0 unspecified atom stereocenters. The average Bonchev–Trinajstić information content (AvgIpc) is 3.20. The average molecular weight is 320 g/mol. The summed E-state index contributed by atoms with van der Waals surface area (Å²) in [5, 5.41) is 13.0. The lowest BCUT2D eigenvalue weighted by atomic mass is 10.1. The van der Waals surface area contributed by atoms with Gasteiger partial charge in [0.2, 0.25) is 0 Å². The van der Waals surface area contributed by atoms with E-state index >= 15 is 0 Å². The molecule has 2 aromatic heterocycles. The van der Waals surface area contributed by atoms with E-state index in [9.17, 15) is 4.79 Å². The zero-order valence-corrected chi connectivity index (χ0v) is 13.4. The molecule has 0 radical (unpaired) electrons. The molecule has 4 aromatic rings. The summed E-state index contributed by atoms with van der Waals surface area (Å²) >= 11 is 0. The smallest absolute Gasteiger partial charge is 0.361 e. The molecule has 0 aliphatic rings. The van der Waals surface area contributed by atoms with E-state index in [0.717, 1.165) is 22.0 Å². The molecule has 4 rings (SSSR count). The van der Waals surface area contributed by atoms with Crippen LogP contribution in [-0.4, -0.2) is 32.6 Å². The molecule has 0 spiro atoms. The monoisotopic (exact) mass is 320 g/mol. The molecule has 0 aliphatic heterocycles. The van der Waals surface area contributed by atoms with Crippen LogP contribution in [0, 0.1) is 0 Å². The minimum Gasteiger partial charge on any atom is -0.461 e. The predicted octanol–water partition coefficient (Wildman–Crippen LogP) is 3.29. The van der Waals surface area contributed by atoms with Crippen molar-refractivity contribution in [1.29, 1.82) is 0 Å². The Balaban J connectivity index is 1.91. The van der Waals surface area contributed by atoms with Gasteiger partial charge in [0, 0.05) is 34.4 Å². The first-order chi connectivity index (χ1) is 11.7. The molecule has 24 heavy (non-hydrogen) atoms. The van der Waals surface area contributed by atoms with Crippen molar-refractivity contribution < 1.29 is 9.53 Å². The summed E-state index contributed by atoms with van der Waals surface area (Å²) in [4.78, 5) is 12.0. The van der Waals surface area contributed by atoms with E-state index in [1.165, 1.54) is 5.39 Å². The number of H-pyrrole nitrogens is 1. The molecule has 6 heteroatoms. The molecule has 0 aliphatic carbocycles. The highest BCUT2D eigenvalue weighted by molar-refractivity contribution is 6.09. The molecule has 0 bridgehead atoms. The van der Waals surface area contributed by atoms with Gasteiger partial charge in [0.05, 0.1) is 6.61 Å². The number of hydrogen-bond donors (Lipinski definition) is 1.